The second kappa shape index (κ2) is 9.38. The Bertz CT molecular complexity index is 741. The van der Waals surface area contributed by atoms with Crippen LogP contribution in [-0.2, 0) is 9.53 Å². The number of amides is 1. The van der Waals surface area contributed by atoms with Gasteiger partial charge in [-0.25, -0.2) is 4.79 Å². The Kier molecular flexibility index (Phi) is 6.87. The van der Waals surface area contributed by atoms with E-state index in [1.807, 2.05) is 36.4 Å². The molecule has 0 unspecified atom stereocenters. The Labute approximate surface area is 144 Å². The predicted octanol–water partition coefficient (Wildman–Crippen LogP) is 2.62. The number of ether oxygens (including phenoxy) is 1. The molecule has 0 heterocycles. The molecular formula is C18H16N2O3S. The number of rotatable bonds is 7. The minimum Gasteiger partial charge on any atom is -0.452 e. The van der Waals surface area contributed by atoms with E-state index < -0.39 is 5.97 Å². The van der Waals surface area contributed by atoms with Crippen molar-refractivity contribution in [3.63, 3.8) is 0 Å². The van der Waals surface area contributed by atoms with E-state index in [1.165, 1.54) is 12.1 Å². The lowest BCUT2D eigenvalue weighted by atomic mass is 10.1. The first-order valence-corrected chi connectivity index (χ1v) is 8.29. The van der Waals surface area contributed by atoms with E-state index in [0.717, 1.165) is 10.6 Å². The Balaban J connectivity index is 1.67. The van der Waals surface area contributed by atoms with Crippen molar-refractivity contribution < 1.29 is 14.3 Å². The van der Waals surface area contributed by atoms with Gasteiger partial charge < -0.3 is 10.1 Å². The molecule has 24 heavy (non-hydrogen) atoms. The second-order valence-corrected chi connectivity index (χ2v) is 5.95. The molecule has 1 N–H and O–H groups in total. The zero-order valence-corrected chi connectivity index (χ0v) is 13.7. The number of carbonyl (C=O) groups is 2. The lowest BCUT2D eigenvalue weighted by Crippen LogP contribution is -2.30. The van der Waals surface area contributed by atoms with E-state index in [4.69, 9.17) is 10.00 Å². The molecule has 122 valence electrons. The van der Waals surface area contributed by atoms with Crippen LogP contribution in [0.15, 0.2) is 59.5 Å². The van der Waals surface area contributed by atoms with Gasteiger partial charge in [-0.15, -0.1) is 11.8 Å². The van der Waals surface area contributed by atoms with Gasteiger partial charge in [0.1, 0.15) is 0 Å². The van der Waals surface area contributed by atoms with Crippen molar-refractivity contribution in [1.82, 2.24) is 5.32 Å². The normalized spacial score (nSPS) is 9.79. The zero-order valence-electron chi connectivity index (χ0n) is 12.9. The summed E-state index contributed by atoms with van der Waals surface area (Å²) in [5, 5.41) is 11.5. The topological polar surface area (TPSA) is 79.2 Å². The molecule has 0 aliphatic rings. The van der Waals surface area contributed by atoms with Crippen molar-refractivity contribution in [2.75, 3.05) is 18.9 Å². The van der Waals surface area contributed by atoms with E-state index in [9.17, 15) is 9.59 Å². The molecule has 0 fully saturated rings. The molecule has 0 saturated carbocycles. The first-order chi connectivity index (χ1) is 11.7. The van der Waals surface area contributed by atoms with Crippen LogP contribution in [-0.4, -0.2) is 30.8 Å². The van der Waals surface area contributed by atoms with Crippen molar-refractivity contribution in [3.8, 4) is 6.07 Å². The van der Waals surface area contributed by atoms with E-state index in [0.29, 0.717) is 12.1 Å². The third-order valence-electron chi connectivity index (χ3n) is 3.00. The van der Waals surface area contributed by atoms with E-state index >= 15 is 0 Å². The summed E-state index contributed by atoms with van der Waals surface area (Å²) < 4.78 is 4.94. The number of carbonyl (C=O) groups excluding carboxylic acids is 2. The number of esters is 1. The molecule has 2 rings (SSSR count). The first kappa shape index (κ1) is 17.6. The van der Waals surface area contributed by atoms with Gasteiger partial charge in [0, 0.05) is 17.2 Å². The summed E-state index contributed by atoms with van der Waals surface area (Å²) in [7, 11) is 0. The molecule has 0 radical (unpaired) electrons. The monoisotopic (exact) mass is 340 g/mol. The summed E-state index contributed by atoms with van der Waals surface area (Å²) >= 11 is 1.63. The van der Waals surface area contributed by atoms with E-state index in [-0.39, 0.29) is 18.1 Å². The Hall–Kier alpha value is -2.78. The molecule has 5 nitrogen and oxygen atoms in total. The quantitative estimate of drug-likeness (QED) is 0.476. The Morgan fingerprint density at radius 3 is 2.67 bits per heavy atom. The smallest absolute Gasteiger partial charge is 0.338 e. The minimum atomic E-state index is -0.624. The molecule has 0 bridgehead atoms. The third kappa shape index (κ3) is 5.78. The molecule has 0 atom stereocenters. The van der Waals surface area contributed by atoms with E-state index in [2.05, 4.69) is 5.32 Å². The number of nitriles is 1. The van der Waals surface area contributed by atoms with Crippen LogP contribution in [0.25, 0.3) is 0 Å². The van der Waals surface area contributed by atoms with Gasteiger partial charge in [0.25, 0.3) is 5.91 Å². The second-order valence-electron chi connectivity index (χ2n) is 4.78. The highest BCUT2D eigenvalue weighted by atomic mass is 32.2. The van der Waals surface area contributed by atoms with Crippen LogP contribution in [0.2, 0.25) is 0 Å². The molecule has 2 aromatic carbocycles. The number of nitrogens with one attached hydrogen (secondary N) is 1. The van der Waals surface area contributed by atoms with Gasteiger partial charge in [0.2, 0.25) is 0 Å². The van der Waals surface area contributed by atoms with Gasteiger partial charge in [-0.1, -0.05) is 24.3 Å². The van der Waals surface area contributed by atoms with Crippen molar-refractivity contribution in [2.45, 2.75) is 4.90 Å². The van der Waals surface area contributed by atoms with E-state index in [1.54, 1.807) is 23.9 Å². The number of hydrogen-bond donors (Lipinski definition) is 1. The van der Waals surface area contributed by atoms with Gasteiger partial charge in [-0.3, -0.25) is 4.79 Å². The molecule has 6 heteroatoms. The van der Waals surface area contributed by atoms with Gasteiger partial charge >= 0.3 is 5.97 Å². The highest BCUT2D eigenvalue weighted by Crippen LogP contribution is 2.15. The molecule has 0 aliphatic carbocycles. The van der Waals surface area contributed by atoms with Gasteiger partial charge in [-0.2, -0.15) is 5.26 Å². The van der Waals surface area contributed by atoms with Crippen LogP contribution in [0.5, 0.6) is 0 Å². The summed E-state index contributed by atoms with van der Waals surface area (Å²) in [5.41, 5.74) is 0.619. The Morgan fingerprint density at radius 2 is 1.92 bits per heavy atom. The van der Waals surface area contributed by atoms with Crippen LogP contribution in [0.1, 0.15) is 15.9 Å². The van der Waals surface area contributed by atoms with Crippen LogP contribution >= 0.6 is 11.8 Å². The van der Waals surface area contributed by atoms with Crippen molar-refractivity contribution >= 4 is 23.6 Å². The van der Waals surface area contributed by atoms with Crippen LogP contribution in [0, 0.1) is 11.3 Å². The van der Waals surface area contributed by atoms with Gasteiger partial charge in [0.05, 0.1) is 17.2 Å². The van der Waals surface area contributed by atoms with Crippen molar-refractivity contribution in [2.24, 2.45) is 0 Å². The largest absolute Gasteiger partial charge is 0.452 e. The number of hydrogen-bond acceptors (Lipinski definition) is 5. The highest BCUT2D eigenvalue weighted by Gasteiger charge is 2.10. The van der Waals surface area contributed by atoms with Crippen LogP contribution < -0.4 is 5.32 Å². The summed E-state index contributed by atoms with van der Waals surface area (Å²) in [6.07, 6.45) is 0. The lowest BCUT2D eigenvalue weighted by molar-refractivity contribution is -0.124. The number of nitrogens with zero attached hydrogens (tertiary/aromatic N) is 1. The maximum absolute atomic E-state index is 11.8. The third-order valence-corrected chi connectivity index (χ3v) is 4.01. The standard InChI is InChI=1S/C18H16N2O3S/c19-12-14-5-4-6-15(11-14)18(22)23-13-17(21)20-9-10-24-16-7-2-1-3-8-16/h1-8,11H,9-10,13H2,(H,20,21). The minimum absolute atomic E-state index is 0.251. The molecule has 2 aromatic rings. The van der Waals surface area contributed by atoms with Gasteiger partial charge in [0.15, 0.2) is 6.61 Å². The Morgan fingerprint density at radius 1 is 1.12 bits per heavy atom. The first-order valence-electron chi connectivity index (χ1n) is 7.31. The molecule has 0 saturated heterocycles. The number of benzene rings is 2. The molecule has 0 aliphatic heterocycles. The molecule has 1 amide bonds. The molecule has 0 spiro atoms. The fourth-order valence-electron chi connectivity index (χ4n) is 1.86. The van der Waals surface area contributed by atoms with Crippen LogP contribution in [0.4, 0.5) is 0 Å². The summed E-state index contributed by atoms with van der Waals surface area (Å²) in [6.45, 7) is 0.144. The average Bonchev–Trinajstić information content (AvgIpc) is 2.64. The maximum atomic E-state index is 11.8. The number of thioether (sulfide) groups is 1. The summed E-state index contributed by atoms with van der Waals surface area (Å²) in [6, 6.07) is 18.0. The average molecular weight is 340 g/mol. The SMILES string of the molecule is N#Cc1cccc(C(=O)OCC(=O)NCCSc2ccccc2)c1. The van der Waals surface area contributed by atoms with Crippen molar-refractivity contribution in [1.29, 1.82) is 5.26 Å². The molecular weight excluding hydrogens is 324 g/mol. The molecule has 0 aromatic heterocycles. The van der Waals surface area contributed by atoms with Gasteiger partial charge in [-0.05, 0) is 30.3 Å². The zero-order chi connectivity index (χ0) is 17.2. The maximum Gasteiger partial charge on any atom is 0.338 e. The van der Waals surface area contributed by atoms with Crippen LogP contribution in [0.3, 0.4) is 0 Å². The lowest BCUT2D eigenvalue weighted by Gasteiger charge is -2.07. The summed E-state index contributed by atoms with van der Waals surface area (Å²) in [4.78, 5) is 24.6. The summed E-state index contributed by atoms with van der Waals surface area (Å²) in [5.74, 6) is -0.247. The van der Waals surface area contributed by atoms with Crippen molar-refractivity contribution in [3.05, 3.63) is 65.7 Å². The fourth-order valence-corrected chi connectivity index (χ4v) is 2.65. The fraction of sp³-hybridized carbons (Fsp3) is 0.167. The predicted molar refractivity (Wildman–Crippen MR) is 91.6 cm³/mol. The highest BCUT2D eigenvalue weighted by molar-refractivity contribution is 7.99.